The summed E-state index contributed by atoms with van der Waals surface area (Å²) in [4.78, 5) is 5.58. The average molecular weight is 251 g/mol. The van der Waals surface area contributed by atoms with Crippen molar-refractivity contribution in [2.75, 3.05) is 6.54 Å². The first-order valence-corrected chi connectivity index (χ1v) is 6.99. The van der Waals surface area contributed by atoms with Gasteiger partial charge in [-0.05, 0) is 31.7 Å². The van der Waals surface area contributed by atoms with Crippen molar-refractivity contribution < 1.29 is 5.11 Å². The third kappa shape index (κ3) is 2.51. The number of aliphatic hydroxyl groups is 1. The Balaban J connectivity index is 1.49. The first-order chi connectivity index (χ1) is 8.31. The molecule has 0 saturated heterocycles. The van der Waals surface area contributed by atoms with Crippen LogP contribution in [0.1, 0.15) is 25.0 Å². The lowest BCUT2D eigenvalue weighted by atomic mass is 10.1. The highest BCUT2D eigenvalue weighted by molar-refractivity contribution is 7.15. The van der Waals surface area contributed by atoms with E-state index in [-0.39, 0.29) is 6.10 Å². The van der Waals surface area contributed by atoms with Crippen LogP contribution in [0, 0.1) is 5.92 Å². The minimum Gasteiger partial charge on any atom is -0.393 e. The molecule has 5 heteroatoms. The second-order valence-corrected chi connectivity index (χ2v) is 5.66. The second kappa shape index (κ2) is 4.76. The fraction of sp³-hybridized carbons (Fsp3) is 0.583. The molecule has 0 aromatic carbocycles. The van der Waals surface area contributed by atoms with Gasteiger partial charge < -0.3 is 10.4 Å². The topological polar surface area (TPSA) is 49.6 Å². The fourth-order valence-electron chi connectivity index (χ4n) is 2.50. The van der Waals surface area contributed by atoms with Crippen molar-refractivity contribution in [3.05, 3.63) is 23.5 Å². The molecule has 2 aromatic heterocycles. The molecular formula is C12H17N3OS. The summed E-state index contributed by atoms with van der Waals surface area (Å²) >= 11 is 1.66. The Morgan fingerprint density at radius 1 is 1.53 bits per heavy atom. The first kappa shape index (κ1) is 11.2. The molecule has 1 aliphatic rings. The van der Waals surface area contributed by atoms with E-state index in [1.54, 1.807) is 11.3 Å². The van der Waals surface area contributed by atoms with Crippen molar-refractivity contribution in [3.8, 4) is 0 Å². The lowest BCUT2D eigenvalue weighted by molar-refractivity contribution is 0.177. The summed E-state index contributed by atoms with van der Waals surface area (Å²) in [5, 5.41) is 14.9. The zero-order valence-corrected chi connectivity index (χ0v) is 10.5. The van der Waals surface area contributed by atoms with E-state index >= 15 is 0 Å². The van der Waals surface area contributed by atoms with E-state index in [9.17, 15) is 5.11 Å². The highest BCUT2D eigenvalue weighted by Crippen LogP contribution is 2.24. The molecule has 0 bridgehead atoms. The summed E-state index contributed by atoms with van der Waals surface area (Å²) in [5.74, 6) is 0.633. The number of nitrogens with zero attached hydrogens (tertiary/aromatic N) is 2. The Morgan fingerprint density at radius 3 is 3.24 bits per heavy atom. The van der Waals surface area contributed by atoms with Crippen molar-refractivity contribution >= 4 is 16.3 Å². The minimum atomic E-state index is -0.0697. The van der Waals surface area contributed by atoms with Crippen LogP contribution < -0.4 is 5.32 Å². The van der Waals surface area contributed by atoms with Gasteiger partial charge in [0.1, 0.15) is 0 Å². The number of aliphatic hydroxyl groups excluding tert-OH is 1. The lowest BCUT2D eigenvalue weighted by Gasteiger charge is -2.09. The van der Waals surface area contributed by atoms with Crippen molar-refractivity contribution in [1.82, 2.24) is 14.7 Å². The van der Waals surface area contributed by atoms with Gasteiger partial charge in [0.25, 0.3) is 0 Å². The predicted octanol–water partition coefficient (Wildman–Crippen LogP) is 1.65. The maximum Gasteiger partial charge on any atom is 0.193 e. The average Bonchev–Trinajstić information content (AvgIpc) is 2.94. The number of hydrogen-bond donors (Lipinski definition) is 2. The standard InChI is InChI=1S/C12H17N3OS/c16-11-2-1-9(5-11)6-13-7-10-8-15-3-4-17-12(15)14-10/h3-4,8-9,11,13,16H,1-2,5-7H2. The van der Waals surface area contributed by atoms with Crippen LogP contribution >= 0.6 is 11.3 Å². The molecule has 1 aliphatic carbocycles. The monoisotopic (exact) mass is 251 g/mol. The van der Waals surface area contributed by atoms with Crippen LogP contribution in [0.15, 0.2) is 17.8 Å². The van der Waals surface area contributed by atoms with Gasteiger partial charge in [-0.15, -0.1) is 11.3 Å². The van der Waals surface area contributed by atoms with Crippen LogP contribution in [0.25, 0.3) is 4.96 Å². The minimum absolute atomic E-state index is 0.0697. The molecule has 2 aromatic rings. The van der Waals surface area contributed by atoms with E-state index < -0.39 is 0 Å². The number of nitrogens with one attached hydrogen (secondary N) is 1. The molecule has 2 atom stereocenters. The van der Waals surface area contributed by atoms with E-state index in [0.29, 0.717) is 5.92 Å². The van der Waals surface area contributed by atoms with Crippen LogP contribution in [-0.4, -0.2) is 27.1 Å². The Morgan fingerprint density at radius 2 is 2.47 bits per heavy atom. The first-order valence-electron chi connectivity index (χ1n) is 6.11. The summed E-state index contributed by atoms with van der Waals surface area (Å²) in [5.41, 5.74) is 1.09. The van der Waals surface area contributed by atoms with E-state index in [1.807, 2.05) is 11.6 Å². The number of thiazole rings is 1. The van der Waals surface area contributed by atoms with Gasteiger partial charge in [-0.1, -0.05) is 0 Å². The van der Waals surface area contributed by atoms with Crippen LogP contribution in [0.3, 0.4) is 0 Å². The summed E-state index contributed by atoms with van der Waals surface area (Å²) in [7, 11) is 0. The van der Waals surface area contributed by atoms with Gasteiger partial charge in [0.15, 0.2) is 4.96 Å². The molecule has 4 nitrogen and oxygen atoms in total. The molecule has 92 valence electrons. The van der Waals surface area contributed by atoms with Gasteiger partial charge in [0.2, 0.25) is 0 Å². The van der Waals surface area contributed by atoms with Gasteiger partial charge in [-0.2, -0.15) is 0 Å². The van der Waals surface area contributed by atoms with E-state index in [4.69, 9.17) is 0 Å². The molecule has 0 aliphatic heterocycles. The Bertz CT molecular complexity index is 464. The molecular weight excluding hydrogens is 234 g/mol. The Labute approximate surface area is 104 Å². The zero-order chi connectivity index (χ0) is 11.7. The maximum atomic E-state index is 9.44. The highest BCUT2D eigenvalue weighted by atomic mass is 32.1. The smallest absolute Gasteiger partial charge is 0.193 e. The predicted molar refractivity (Wildman–Crippen MR) is 68.1 cm³/mol. The van der Waals surface area contributed by atoms with Crippen LogP contribution in [-0.2, 0) is 6.54 Å². The molecule has 0 radical (unpaired) electrons. The van der Waals surface area contributed by atoms with Crippen molar-refractivity contribution in [2.45, 2.75) is 31.9 Å². The van der Waals surface area contributed by atoms with Gasteiger partial charge in [-0.3, -0.25) is 4.40 Å². The number of rotatable bonds is 4. The Kier molecular flexibility index (Phi) is 3.13. The van der Waals surface area contributed by atoms with E-state index in [1.165, 1.54) is 0 Å². The van der Waals surface area contributed by atoms with Crippen molar-refractivity contribution in [2.24, 2.45) is 5.92 Å². The van der Waals surface area contributed by atoms with Crippen molar-refractivity contribution in [1.29, 1.82) is 0 Å². The summed E-state index contributed by atoms with van der Waals surface area (Å²) in [6, 6.07) is 0. The van der Waals surface area contributed by atoms with Gasteiger partial charge in [0.05, 0.1) is 11.8 Å². The molecule has 2 unspecified atom stereocenters. The normalized spacial score (nSPS) is 24.8. The molecule has 0 spiro atoms. The van der Waals surface area contributed by atoms with E-state index in [2.05, 4.69) is 20.9 Å². The van der Waals surface area contributed by atoms with Gasteiger partial charge >= 0.3 is 0 Å². The summed E-state index contributed by atoms with van der Waals surface area (Å²) in [6.07, 6.45) is 7.09. The largest absolute Gasteiger partial charge is 0.393 e. The molecule has 0 amide bonds. The SMILES string of the molecule is OC1CCC(CNCc2cn3ccsc3n2)C1. The third-order valence-corrected chi connectivity index (χ3v) is 4.17. The number of imidazole rings is 1. The molecule has 1 saturated carbocycles. The summed E-state index contributed by atoms with van der Waals surface area (Å²) in [6.45, 7) is 1.81. The maximum absolute atomic E-state index is 9.44. The molecule has 2 heterocycles. The van der Waals surface area contributed by atoms with Crippen LogP contribution in [0.5, 0.6) is 0 Å². The molecule has 3 rings (SSSR count). The number of fused-ring (bicyclic) bond motifs is 1. The second-order valence-electron chi connectivity index (χ2n) is 4.79. The number of aromatic nitrogens is 2. The molecule has 2 N–H and O–H groups in total. The van der Waals surface area contributed by atoms with Crippen LogP contribution in [0.2, 0.25) is 0 Å². The quantitative estimate of drug-likeness (QED) is 0.868. The Hall–Kier alpha value is -0.910. The molecule has 1 fully saturated rings. The summed E-state index contributed by atoms with van der Waals surface area (Å²) < 4.78 is 2.06. The fourth-order valence-corrected chi connectivity index (χ4v) is 3.22. The molecule has 17 heavy (non-hydrogen) atoms. The third-order valence-electron chi connectivity index (χ3n) is 3.40. The van der Waals surface area contributed by atoms with Crippen molar-refractivity contribution in [3.63, 3.8) is 0 Å². The van der Waals surface area contributed by atoms with E-state index in [0.717, 1.165) is 43.0 Å². The highest BCUT2D eigenvalue weighted by Gasteiger charge is 2.22. The van der Waals surface area contributed by atoms with Gasteiger partial charge in [-0.25, -0.2) is 4.98 Å². The van der Waals surface area contributed by atoms with Gasteiger partial charge in [0, 0.05) is 24.3 Å². The zero-order valence-electron chi connectivity index (χ0n) is 9.67. The lowest BCUT2D eigenvalue weighted by Crippen LogP contribution is -2.21. The van der Waals surface area contributed by atoms with Crippen LogP contribution in [0.4, 0.5) is 0 Å². The number of hydrogen-bond acceptors (Lipinski definition) is 4.